The molecule has 1 unspecified atom stereocenters. The summed E-state index contributed by atoms with van der Waals surface area (Å²) < 4.78 is 44.1. The van der Waals surface area contributed by atoms with Crippen LogP contribution in [0, 0.1) is 6.92 Å². The zero-order valence-corrected chi connectivity index (χ0v) is 13.4. The topological polar surface area (TPSA) is 38.3 Å². The number of rotatable bonds is 5. The van der Waals surface area contributed by atoms with E-state index in [4.69, 9.17) is 4.74 Å². The molecule has 1 heterocycles. The Labute approximate surface area is 136 Å². The average Bonchev–Trinajstić information content (AvgIpc) is 2.93. The highest BCUT2D eigenvalue weighted by Gasteiger charge is 2.34. The number of hydrogen-bond acceptors (Lipinski definition) is 3. The van der Waals surface area contributed by atoms with Gasteiger partial charge in [0, 0.05) is 23.4 Å². The second kappa shape index (κ2) is 7.14. The Kier molecular flexibility index (Phi) is 5.43. The van der Waals surface area contributed by atoms with Crippen LogP contribution in [0.25, 0.3) is 0 Å². The number of nitrogens with one attached hydrogen (secondary N) is 1. The third-order valence-corrected chi connectivity index (χ3v) is 4.38. The molecule has 1 aromatic carbocycles. The molecule has 2 aromatic rings. The van der Waals surface area contributed by atoms with Crippen molar-refractivity contribution in [3.63, 3.8) is 0 Å². The van der Waals surface area contributed by atoms with Crippen molar-refractivity contribution in [3.8, 4) is 0 Å². The van der Waals surface area contributed by atoms with Gasteiger partial charge in [-0.3, -0.25) is 4.79 Å². The van der Waals surface area contributed by atoms with Crippen LogP contribution in [0.4, 0.5) is 13.2 Å². The minimum absolute atomic E-state index is 0.0987. The Morgan fingerprint density at radius 1 is 1.26 bits per heavy atom. The van der Waals surface area contributed by atoms with Crippen LogP contribution < -0.4 is 5.32 Å². The van der Waals surface area contributed by atoms with Gasteiger partial charge in [-0.05, 0) is 31.2 Å². The van der Waals surface area contributed by atoms with Gasteiger partial charge >= 0.3 is 6.18 Å². The maximum absolute atomic E-state index is 12.9. The number of aryl methyl sites for hydroxylation is 1. The molecular weight excluding hydrogens is 327 g/mol. The Balaban J connectivity index is 2.11. The van der Waals surface area contributed by atoms with Gasteiger partial charge in [-0.15, -0.1) is 11.3 Å². The molecule has 0 aliphatic heterocycles. The summed E-state index contributed by atoms with van der Waals surface area (Å²) in [6.45, 7) is 2.04. The monoisotopic (exact) mass is 343 g/mol. The molecule has 23 heavy (non-hydrogen) atoms. The summed E-state index contributed by atoms with van der Waals surface area (Å²) in [5.74, 6) is -0.770. The molecule has 1 N–H and O–H groups in total. The van der Waals surface area contributed by atoms with Gasteiger partial charge < -0.3 is 10.1 Å². The minimum atomic E-state index is -4.57. The summed E-state index contributed by atoms with van der Waals surface area (Å²) >= 11 is 1.52. The fourth-order valence-electron chi connectivity index (χ4n) is 2.14. The van der Waals surface area contributed by atoms with E-state index in [2.05, 4.69) is 5.32 Å². The van der Waals surface area contributed by atoms with Crippen LogP contribution in [0.1, 0.15) is 31.8 Å². The first-order chi connectivity index (χ1) is 10.8. The van der Waals surface area contributed by atoms with E-state index in [9.17, 15) is 18.0 Å². The number of ether oxygens (including phenoxy) is 1. The molecule has 0 spiro atoms. The number of thiophene rings is 1. The number of amides is 1. The van der Waals surface area contributed by atoms with Gasteiger partial charge in [0.15, 0.2) is 0 Å². The van der Waals surface area contributed by atoms with E-state index in [1.807, 2.05) is 19.1 Å². The maximum Gasteiger partial charge on any atom is 0.417 e. The maximum atomic E-state index is 12.9. The van der Waals surface area contributed by atoms with Gasteiger partial charge in [-0.1, -0.05) is 12.1 Å². The van der Waals surface area contributed by atoms with Crippen molar-refractivity contribution in [1.82, 2.24) is 5.32 Å². The molecule has 0 aliphatic rings. The third kappa shape index (κ3) is 4.33. The lowest BCUT2D eigenvalue weighted by molar-refractivity contribution is -0.137. The standard InChI is InChI=1S/C16H16F3NO2S/c1-10-7-8-14(23-10)13(22-2)9-20-15(21)11-5-3-4-6-12(11)16(17,18)19/h3-8,13H,9H2,1-2H3,(H,20,21). The first kappa shape index (κ1) is 17.5. The molecule has 7 heteroatoms. The summed E-state index contributed by atoms with van der Waals surface area (Å²) in [6, 6.07) is 8.52. The molecule has 0 radical (unpaired) electrons. The fraction of sp³-hybridized carbons (Fsp3) is 0.312. The number of methoxy groups -OCH3 is 1. The lowest BCUT2D eigenvalue weighted by atomic mass is 10.1. The summed E-state index contributed by atoms with van der Waals surface area (Å²) in [7, 11) is 1.50. The van der Waals surface area contributed by atoms with E-state index in [-0.39, 0.29) is 6.54 Å². The molecule has 0 bridgehead atoms. The van der Waals surface area contributed by atoms with Crippen molar-refractivity contribution >= 4 is 17.2 Å². The number of benzene rings is 1. The van der Waals surface area contributed by atoms with Crippen molar-refractivity contribution in [1.29, 1.82) is 0 Å². The molecule has 1 aromatic heterocycles. The Morgan fingerprint density at radius 2 is 1.96 bits per heavy atom. The van der Waals surface area contributed by atoms with E-state index in [0.717, 1.165) is 21.9 Å². The molecular formula is C16H16F3NO2S. The van der Waals surface area contributed by atoms with E-state index in [1.54, 1.807) is 0 Å². The average molecular weight is 343 g/mol. The highest BCUT2D eigenvalue weighted by Crippen LogP contribution is 2.32. The summed E-state index contributed by atoms with van der Waals surface area (Å²) in [4.78, 5) is 14.1. The minimum Gasteiger partial charge on any atom is -0.374 e. The lowest BCUT2D eigenvalue weighted by Gasteiger charge is -2.16. The van der Waals surface area contributed by atoms with Crippen LogP contribution in [-0.4, -0.2) is 19.6 Å². The number of carbonyl (C=O) groups excluding carboxylic acids is 1. The molecule has 0 saturated carbocycles. The molecule has 2 rings (SSSR count). The van der Waals surface area contributed by atoms with Gasteiger partial charge in [0.25, 0.3) is 5.91 Å². The number of halogens is 3. The Hall–Kier alpha value is -1.86. The highest BCUT2D eigenvalue weighted by atomic mass is 32.1. The van der Waals surface area contributed by atoms with Crippen molar-refractivity contribution in [2.24, 2.45) is 0 Å². The summed E-state index contributed by atoms with van der Waals surface area (Å²) in [5, 5.41) is 2.51. The molecule has 1 atom stereocenters. The Bertz CT molecular complexity index is 682. The molecule has 0 aliphatic carbocycles. The van der Waals surface area contributed by atoms with Crippen molar-refractivity contribution in [2.75, 3.05) is 13.7 Å². The largest absolute Gasteiger partial charge is 0.417 e. The van der Waals surface area contributed by atoms with Crippen LogP contribution in [0.5, 0.6) is 0 Å². The van der Waals surface area contributed by atoms with Crippen LogP contribution in [0.3, 0.4) is 0 Å². The molecule has 1 amide bonds. The molecule has 0 saturated heterocycles. The van der Waals surface area contributed by atoms with Crippen LogP contribution in [0.2, 0.25) is 0 Å². The summed E-state index contributed by atoms with van der Waals surface area (Å²) in [6.07, 6.45) is -4.96. The van der Waals surface area contributed by atoms with Crippen molar-refractivity contribution in [2.45, 2.75) is 19.2 Å². The van der Waals surface area contributed by atoms with E-state index < -0.39 is 29.3 Å². The van der Waals surface area contributed by atoms with Crippen molar-refractivity contribution < 1.29 is 22.7 Å². The Morgan fingerprint density at radius 3 is 2.52 bits per heavy atom. The van der Waals surface area contributed by atoms with Crippen LogP contribution in [0.15, 0.2) is 36.4 Å². The predicted molar refractivity (Wildman–Crippen MR) is 82.6 cm³/mol. The van der Waals surface area contributed by atoms with Gasteiger partial charge in [0.1, 0.15) is 6.10 Å². The first-order valence-electron chi connectivity index (χ1n) is 6.86. The van der Waals surface area contributed by atoms with Gasteiger partial charge in [-0.2, -0.15) is 13.2 Å². The lowest BCUT2D eigenvalue weighted by Crippen LogP contribution is -2.30. The number of hydrogen-bond donors (Lipinski definition) is 1. The molecule has 3 nitrogen and oxygen atoms in total. The van der Waals surface area contributed by atoms with E-state index >= 15 is 0 Å². The third-order valence-electron chi connectivity index (χ3n) is 3.29. The predicted octanol–water partition coefficient (Wildman–Crippen LogP) is 4.19. The highest BCUT2D eigenvalue weighted by molar-refractivity contribution is 7.12. The van der Waals surface area contributed by atoms with Crippen LogP contribution in [-0.2, 0) is 10.9 Å². The quantitative estimate of drug-likeness (QED) is 0.884. The number of carbonyl (C=O) groups is 1. The van der Waals surface area contributed by atoms with Gasteiger partial charge in [-0.25, -0.2) is 0 Å². The van der Waals surface area contributed by atoms with E-state index in [1.165, 1.54) is 30.6 Å². The molecule has 124 valence electrons. The SMILES string of the molecule is COC(CNC(=O)c1ccccc1C(F)(F)F)c1ccc(C)s1. The van der Waals surface area contributed by atoms with Crippen LogP contribution >= 0.6 is 11.3 Å². The summed E-state index contributed by atoms with van der Waals surface area (Å²) in [5.41, 5.74) is -1.34. The zero-order chi connectivity index (χ0) is 17.0. The van der Waals surface area contributed by atoms with E-state index in [0.29, 0.717) is 0 Å². The first-order valence-corrected chi connectivity index (χ1v) is 7.68. The molecule has 0 fully saturated rings. The fourth-order valence-corrected chi connectivity index (χ4v) is 3.09. The zero-order valence-electron chi connectivity index (χ0n) is 12.6. The van der Waals surface area contributed by atoms with Crippen molar-refractivity contribution in [3.05, 3.63) is 57.3 Å². The second-order valence-electron chi connectivity index (χ2n) is 4.93. The smallest absolute Gasteiger partial charge is 0.374 e. The second-order valence-corrected chi connectivity index (χ2v) is 6.25. The normalized spacial score (nSPS) is 12.9. The van der Waals surface area contributed by atoms with Gasteiger partial charge in [0.05, 0.1) is 11.1 Å². The van der Waals surface area contributed by atoms with Gasteiger partial charge in [0.2, 0.25) is 0 Å². The number of alkyl halides is 3.